The van der Waals surface area contributed by atoms with E-state index < -0.39 is 0 Å². The zero-order chi connectivity index (χ0) is 17.4. The van der Waals surface area contributed by atoms with E-state index in [1.165, 1.54) is 5.56 Å². The molecule has 0 aliphatic rings. The third kappa shape index (κ3) is 5.39. The monoisotopic (exact) mass is 327 g/mol. The molecule has 0 saturated heterocycles. The number of ether oxygens (including phenoxy) is 1. The fourth-order valence-electron chi connectivity index (χ4n) is 2.36. The number of likely N-dealkylation sites (N-methyl/N-ethyl adjacent to an activating group) is 1. The van der Waals surface area contributed by atoms with Gasteiger partial charge in [-0.15, -0.1) is 0 Å². The summed E-state index contributed by atoms with van der Waals surface area (Å²) in [6.45, 7) is 5.40. The van der Waals surface area contributed by atoms with Crippen LogP contribution in [-0.2, 0) is 11.2 Å². The Morgan fingerprint density at radius 3 is 2.42 bits per heavy atom. The van der Waals surface area contributed by atoms with E-state index in [1.54, 1.807) is 0 Å². The molecule has 2 rings (SSSR count). The average Bonchev–Trinajstić information content (AvgIpc) is 2.62. The minimum Gasteiger partial charge on any atom is -0.488 e. The van der Waals surface area contributed by atoms with Crippen LogP contribution in [0.1, 0.15) is 19.4 Å². The molecule has 0 heterocycles. The Balaban J connectivity index is 1.78. The maximum Gasteiger partial charge on any atom is 0.282 e. The molecule has 0 fully saturated rings. The van der Waals surface area contributed by atoms with Crippen LogP contribution in [0, 0.1) is 0 Å². The van der Waals surface area contributed by atoms with E-state index in [-0.39, 0.29) is 11.9 Å². The summed E-state index contributed by atoms with van der Waals surface area (Å²) in [5.41, 5.74) is 2.11. The second kappa shape index (κ2) is 9.08. The summed E-state index contributed by atoms with van der Waals surface area (Å²) in [4.78, 5) is 13.5. The molecule has 0 spiro atoms. The molecule has 2 N–H and O–H groups in total. The highest BCUT2D eigenvalue weighted by Crippen LogP contribution is 2.10. The summed E-state index contributed by atoms with van der Waals surface area (Å²) in [5, 5.41) is 2.98. The van der Waals surface area contributed by atoms with Crippen molar-refractivity contribution in [2.45, 2.75) is 26.3 Å². The van der Waals surface area contributed by atoms with Gasteiger partial charge >= 0.3 is 0 Å². The quantitative estimate of drug-likeness (QED) is 0.780. The van der Waals surface area contributed by atoms with E-state index in [0.717, 1.165) is 29.3 Å². The largest absolute Gasteiger partial charge is 0.488 e. The van der Waals surface area contributed by atoms with E-state index in [1.807, 2.05) is 68.6 Å². The van der Waals surface area contributed by atoms with Crippen LogP contribution in [-0.4, -0.2) is 32.1 Å². The Hall–Kier alpha value is -2.33. The Kier molecular flexibility index (Phi) is 6.82. The summed E-state index contributed by atoms with van der Waals surface area (Å²) < 4.78 is 5.70. The topological polar surface area (TPSA) is 42.8 Å². The number of hydrogen-bond donors (Lipinski definition) is 2. The zero-order valence-electron chi connectivity index (χ0n) is 14.7. The summed E-state index contributed by atoms with van der Waals surface area (Å²) in [6.07, 6.45) is 0.999. The van der Waals surface area contributed by atoms with Crippen molar-refractivity contribution in [3.05, 3.63) is 60.2 Å². The van der Waals surface area contributed by atoms with Gasteiger partial charge in [0.25, 0.3) is 5.91 Å². The standard InChI is InChI=1S/C20H26N2O2/c1-4-17-10-12-18(13-11-17)21-20(23)16(2)22(3)14-15-24-19-8-6-5-7-9-19/h5-13,16H,4,14-15H2,1-3H3,(H,21,23)/p+1/t16-/m1/s1. The summed E-state index contributed by atoms with van der Waals surface area (Å²) in [6, 6.07) is 17.6. The molecule has 128 valence electrons. The first-order valence-electron chi connectivity index (χ1n) is 8.50. The van der Waals surface area contributed by atoms with Crippen molar-refractivity contribution in [3.8, 4) is 5.75 Å². The van der Waals surface area contributed by atoms with E-state index in [4.69, 9.17) is 4.74 Å². The van der Waals surface area contributed by atoms with E-state index in [2.05, 4.69) is 12.2 Å². The van der Waals surface area contributed by atoms with Crippen molar-refractivity contribution in [1.82, 2.24) is 0 Å². The molecule has 2 atom stereocenters. The number of benzene rings is 2. The van der Waals surface area contributed by atoms with Gasteiger partial charge in [-0.2, -0.15) is 0 Å². The predicted octanol–water partition coefficient (Wildman–Crippen LogP) is 2.17. The molecule has 0 aromatic heterocycles. The average molecular weight is 327 g/mol. The number of aryl methyl sites for hydroxylation is 1. The Morgan fingerprint density at radius 2 is 1.79 bits per heavy atom. The molecular formula is C20H27N2O2+. The number of nitrogens with one attached hydrogen (secondary N) is 2. The normalized spacial score (nSPS) is 13.1. The second-order valence-electron chi connectivity index (χ2n) is 6.02. The number of amides is 1. The van der Waals surface area contributed by atoms with Gasteiger partial charge < -0.3 is 15.0 Å². The smallest absolute Gasteiger partial charge is 0.282 e. The molecule has 0 radical (unpaired) electrons. The predicted molar refractivity (Wildman–Crippen MR) is 97.6 cm³/mol. The first kappa shape index (κ1) is 18.0. The molecule has 2 aromatic carbocycles. The SMILES string of the molecule is CCc1ccc(NC(=O)[C@@H](C)[NH+](C)CCOc2ccccc2)cc1. The van der Waals surface area contributed by atoms with E-state index >= 15 is 0 Å². The molecule has 4 nitrogen and oxygen atoms in total. The highest BCUT2D eigenvalue weighted by atomic mass is 16.5. The molecule has 2 aromatic rings. The number of quaternary nitrogens is 1. The number of rotatable bonds is 8. The molecule has 0 saturated carbocycles. The van der Waals surface area contributed by atoms with Crippen LogP contribution in [0.3, 0.4) is 0 Å². The van der Waals surface area contributed by atoms with Crippen LogP contribution in [0.15, 0.2) is 54.6 Å². The van der Waals surface area contributed by atoms with Crippen LogP contribution in [0.2, 0.25) is 0 Å². The zero-order valence-corrected chi connectivity index (χ0v) is 14.7. The van der Waals surface area contributed by atoms with Crippen LogP contribution in [0.4, 0.5) is 5.69 Å². The fourth-order valence-corrected chi connectivity index (χ4v) is 2.36. The van der Waals surface area contributed by atoms with Crippen molar-refractivity contribution in [2.24, 2.45) is 0 Å². The summed E-state index contributed by atoms with van der Waals surface area (Å²) >= 11 is 0. The third-order valence-corrected chi connectivity index (χ3v) is 4.27. The number of para-hydroxylation sites is 1. The molecule has 24 heavy (non-hydrogen) atoms. The van der Waals surface area contributed by atoms with Gasteiger partial charge in [0.05, 0.1) is 7.05 Å². The summed E-state index contributed by atoms with van der Waals surface area (Å²) in [5.74, 6) is 0.884. The number of carbonyl (C=O) groups is 1. The van der Waals surface area contributed by atoms with E-state index in [9.17, 15) is 4.79 Å². The number of anilines is 1. The van der Waals surface area contributed by atoms with Gasteiger partial charge in [0.2, 0.25) is 0 Å². The lowest BCUT2D eigenvalue weighted by molar-refractivity contribution is -0.894. The van der Waals surface area contributed by atoms with E-state index in [0.29, 0.717) is 6.61 Å². The molecule has 0 aliphatic heterocycles. The fraction of sp³-hybridized carbons (Fsp3) is 0.350. The van der Waals surface area contributed by atoms with Crippen molar-refractivity contribution < 1.29 is 14.4 Å². The van der Waals surface area contributed by atoms with Gasteiger partial charge in [-0.3, -0.25) is 4.79 Å². The minimum atomic E-state index is -0.143. The Bertz CT molecular complexity index is 626. The van der Waals surface area contributed by atoms with Crippen molar-refractivity contribution in [1.29, 1.82) is 0 Å². The van der Waals surface area contributed by atoms with Gasteiger partial charge in [0.1, 0.15) is 18.9 Å². The number of carbonyl (C=O) groups excluding carboxylic acids is 1. The highest BCUT2D eigenvalue weighted by Gasteiger charge is 2.21. The van der Waals surface area contributed by atoms with Crippen LogP contribution in [0.5, 0.6) is 5.75 Å². The first-order valence-corrected chi connectivity index (χ1v) is 8.50. The van der Waals surface area contributed by atoms with Gasteiger partial charge in [-0.1, -0.05) is 37.3 Å². The molecule has 0 bridgehead atoms. The lowest BCUT2D eigenvalue weighted by Crippen LogP contribution is -3.14. The van der Waals surface area contributed by atoms with Crippen LogP contribution in [0.25, 0.3) is 0 Å². The van der Waals surface area contributed by atoms with Gasteiger partial charge in [0, 0.05) is 5.69 Å². The second-order valence-corrected chi connectivity index (χ2v) is 6.02. The van der Waals surface area contributed by atoms with Crippen molar-refractivity contribution in [3.63, 3.8) is 0 Å². The molecule has 1 amide bonds. The van der Waals surface area contributed by atoms with Gasteiger partial charge in [-0.05, 0) is 43.2 Å². The Morgan fingerprint density at radius 1 is 1.12 bits per heavy atom. The number of hydrogen-bond acceptors (Lipinski definition) is 2. The lowest BCUT2D eigenvalue weighted by Gasteiger charge is -2.21. The third-order valence-electron chi connectivity index (χ3n) is 4.27. The van der Waals surface area contributed by atoms with Gasteiger partial charge in [-0.25, -0.2) is 0 Å². The van der Waals surface area contributed by atoms with Crippen LogP contribution >= 0.6 is 0 Å². The van der Waals surface area contributed by atoms with Gasteiger partial charge in [0.15, 0.2) is 6.04 Å². The first-order chi connectivity index (χ1) is 11.6. The van der Waals surface area contributed by atoms with Crippen LogP contribution < -0.4 is 15.0 Å². The molecule has 1 unspecified atom stereocenters. The summed E-state index contributed by atoms with van der Waals surface area (Å²) in [7, 11) is 2.01. The lowest BCUT2D eigenvalue weighted by atomic mass is 10.1. The maximum atomic E-state index is 12.4. The maximum absolute atomic E-state index is 12.4. The molecule has 4 heteroatoms. The highest BCUT2D eigenvalue weighted by molar-refractivity contribution is 5.93. The molecule has 0 aliphatic carbocycles. The van der Waals surface area contributed by atoms with Crippen molar-refractivity contribution in [2.75, 3.05) is 25.5 Å². The van der Waals surface area contributed by atoms with Crippen molar-refractivity contribution >= 4 is 11.6 Å². The molecular weight excluding hydrogens is 300 g/mol. The minimum absolute atomic E-state index is 0.0245. The Labute approximate surface area is 144 Å².